The molecule has 0 aromatic heterocycles. The second-order valence-electron chi connectivity index (χ2n) is 4.64. The minimum absolute atomic E-state index is 0.0646. The van der Waals surface area contributed by atoms with E-state index in [1.54, 1.807) is 6.92 Å². The van der Waals surface area contributed by atoms with Crippen molar-refractivity contribution < 1.29 is 19.0 Å². The van der Waals surface area contributed by atoms with E-state index in [0.717, 1.165) is 0 Å². The Morgan fingerprint density at radius 3 is 2.62 bits per heavy atom. The van der Waals surface area contributed by atoms with Crippen LogP contribution in [0.2, 0.25) is 5.02 Å². The molecular formula is C17H18ClFN2O3. The number of ether oxygens (including phenoxy) is 1. The Labute approximate surface area is 144 Å². The van der Waals surface area contributed by atoms with E-state index >= 15 is 0 Å². The van der Waals surface area contributed by atoms with Gasteiger partial charge in [-0.2, -0.15) is 0 Å². The summed E-state index contributed by atoms with van der Waals surface area (Å²) in [5.41, 5.74) is 6.12. The van der Waals surface area contributed by atoms with Crippen molar-refractivity contribution in [3.05, 3.63) is 64.7 Å². The minimum atomic E-state index is -1.25. The Bertz CT molecular complexity index is 754. The molecule has 0 atom stereocenters. The summed E-state index contributed by atoms with van der Waals surface area (Å²) < 4.78 is 19.5. The Kier molecular flexibility index (Phi) is 6.73. The van der Waals surface area contributed by atoms with Crippen LogP contribution < -0.4 is 10.5 Å². The normalized spacial score (nSPS) is 12.4. The number of benzene rings is 1. The number of rotatable bonds is 7. The number of hydrogen-bond acceptors (Lipinski definition) is 4. The Balaban J connectivity index is 3.51. The van der Waals surface area contributed by atoms with E-state index in [4.69, 9.17) is 27.2 Å². The first kappa shape index (κ1) is 19.4. The predicted octanol–water partition coefficient (Wildman–Crippen LogP) is 3.68. The summed E-state index contributed by atoms with van der Waals surface area (Å²) in [7, 11) is 1.30. The number of nitrogens with two attached hydrogens (primary N) is 1. The molecule has 0 saturated heterocycles. The molecule has 0 aliphatic rings. The van der Waals surface area contributed by atoms with Crippen molar-refractivity contribution in [2.45, 2.75) is 13.3 Å². The standard InChI is InChI=1S/C17H18ClFN2O3/c1-5-10(9(3)17(22)23)16(20)21-13(6-2)11-7-8-12(18)15(24-4)14(11)19/h5,7-8H,1,3,6,20H2,2,4H3,(H,22,23)/b16-10-,21-13?. The largest absolute Gasteiger partial charge is 0.492 e. The molecule has 0 heterocycles. The molecule has 24 heavy (non-hydrogen) atoms. The summed E-state index contributed by atoms with van der Waals surface area (Å²) in [5, 5.41) is 9.14. The zero-order chi connectivity index (χ0) is 18.4. The summed E-state index contributed by atoms with van der Waals surface area (Å²) in [6.07, 6.45) is 1.58. The summed E-state index contributed by atoms with van der Waals surface area (Å²) in [6.45, 7) is 8.68. The summed E-state index contributed by atoms with van der Waals surface area (Å²) in [5.74, 6) is -2.14. The molecule has 0 radical (unpaired) electrons. The van der Waals surface area contributed by atoms with Crippen LogP contribution in [-0.4, -0.2) is 23.9 Å². The molecule has 0 fully saturated rings. The Hall–Kier alpha value is -2.60. The Morgan fingerprint density at radius 2 is 2.17 bits per heavy atom. The molecule has 0 bridgehead atoms. The van der Waals surface area contributed by atoms with Gasteiger partial charge in [0.1, 0.15) is 5.82 Å². The van der Waals surface area contributed by atoms with Gasteiger partial charge in [0.25, 0.3) is 0 Å². The van der Waals surface area contributed by atoms with E-state index in [2.05, 4.69) is 18.2 Å². The fourth-order valence-electron chi connectivity index (χ4n) is 1.98. The third-order valence-electron chi connectivity index (χ3n) is 3.22. The van der Waals surface area contributed by atoms with Crippen molar-refractivity contribution >= 4 is 23.3 Å². The zero-order valence-corrected chi connectivity index (χ0v) is 14.2. The number of nitrogens with zero attached hydrogens (tertiary/aromatic N) is 1. The van der Waals surface area contributed by atoms with Gasteiger partial charge in [0.15, 0.2) is 11.6 Å². The van der Waals surface area contributed by atoms with Crippen LogP contribution in [0.15, 0.2) is 53.3 Å². The molecule has 0 spiro atoms. The molecule has 7 heteroatoms. The highest BCUT2D eigenvalue weighted by atomic mass is 35.5. The lowest BCUT2D eigenvalue weighted by Crippen LogP contribution is -2.11. The second-order valence-corrected chi connectivity index (χ2v) is 5.05. The number of halogens is 2. The minimum Gasteiger partial charge on any atom is -0.492 e. The molecule has 3 N–H and O–H groups in total. The number of aliphatic imine (C=N–C) groups is 1. The smallest absolute Gasteiger partial charge is 0.335 e. The van der Waals surface area contributed by atoms with E-state index in [1.807, 2.05) is 0 Å². The van der Waals surface area contributed by atoms with Crippen LogP contribution in [0.3, 0.4) is 0 Å². The lowest BCUT2D eigenvalue weighted by Gasteiger charge is -2.11. The maximum atomic E-state index is 14.5. The molecular weight excluding hydrogens is 335 g/mol. The van der Waals surface area contributed by atoms with Gasteiger partial charge in [0, 0.05) is 11.1 Å². The second kappa shape index (κ2) is 8.31. The van der Waals surface area contributed by atoms with Crippen molar-refractivity contribution in [1.82, 2.24) is 0 Å². The summed E-state index contributed by atoms with van der Waals surface area (Å²) >= 11 is 5.88. The van der Waals surface area contributed by atoms with Crippen molar-refractivity contribution in [2.24, 2.45) is 10.7 Å². The van der Waals surface area contributed by atoms with Crippen LogP contribution in [0.4, 0.5) is 4.39 Å². The van der Waals surface area contributed by atoms with E-state index < -0.39 is 11.8 Å². The molecule has 0 aliphatic carbocycles. The van der Waals surface area contributed by atoms with Crippen LogP contribution in [0.25, 0.3) is 0 Å². The number of hydrogen-bond donors (Lipinski definition) is 2. The third-order valence-corrected chi connectivity index (χ3v) is 3.52. The van der Waals surface area contributed by atoms with E-state index in [1.165, 1.54) is 25.3 Å². The fourth-order valence-corrected chi connectivity index (χ4v) is 2.20. The number of aliphatic carboxylic acids is 1. The van der Waals surface area contributed by atoms with Gasteiger partial charge in [-0.25, -0.2) is 14.2 Å². The van der Waals surface area contributed by atoms with Gasteiger partial charge in [0.2, 0.25) is 0 Å². The number of carboxylic acids is 1. The van der Waals surface area contributed by atoms with E-state index in [-0.39, 0.29) is 33.3 Å². The van der Waals surface area contributed by atoms with Crippen LogP contribution in [0.1, 0.15) is 18.9 Å². The summed E-state index contributed by atoms with van der Waals surface area (Å²) in [4.78, 5) is 15.2. The number of allylic oxidation sites excluding steroid dienone is 1. The first-order valence-corrected chi connectivity index (χ1v) is 7.30. The highest BCUT2D eigenvalue weighted by Crippen LogP contribution is 2.30. The number of carboxylic acid groups (broad SMARTS) is 1. The maximum absolute atomic E-state index is 14.5. The molecule has 0 saturated carbocycles. The summed E-state index contributed by atoms with van der Waals surface area (Å²) in [6, 6.07) is 2.93. The van der Waals surface area contributed by atoms with Crippen molar-refractivity contribution in [3.63, 3.8) is 0 Å². The molecule has 128 valence electrons. The lowest BCUT2D eigenvalue weighted by atomic mass is 10.1. The molecule has 5 nitrogen and oxygen atoms in total. The van der Waals surface area contributed by atoms with Gasteiger partial charge < -0.3 is 15.6 Å². The fraction of sp³-hybridized carbons (Fsp3) is 0.176. The molecule has 0 amide bonds. The number of carbonyl (C=O) groups is 1. The molecule has 1 aromatic carbocycles. The Morgan fingerprint density at radius 1 is 1.54 bits per heavy atom. The van der Waals surface area contributed by atoms with Gasteiger partial charge in [-0.05, 0) is 18.6 Å². The van der Waals surface area contributed by atoms with Gasteiger partial charge in [-0.15, -0.1) is 0 Å². The quantitative estimate of drug-likeness (QED) is 0.445. The van der Waals surface area contributed by atoms with E-state index in [0.29, 0.717) is 12.1 Å². The highest BCUT2D eigenvalue weighted by Gasteiger charge is 2.17. The zero-order valence-electron chi connectivity index (χ0n) is 13.4. The van der Waals surface area contributed by atoms with Crippen LogP contribution in [-0.2, 0) is 4.79 Å². The third kappa shape index (κ3) is 4.02. The molecule has 0 aliphatic heterocycles. The predicted molar refractivity (Wildman–Crippen MR) is 93.0 cm³/mol. The van der Waals surface area contributed by atoms with E-state index in [9.17, 15) is 9.18 Å². The average molecular weight is 353 g/mol. The van der Waals surface area contributed by atoms with Crippen LogP contribution in [0, 0.1) is 5.82 Å². The lowest BCUT2D eigenvalue weighted by molar-refractivity contribution is -0.132. The maximum Gasteiger partial charge on any atom is 0.335 e. The van der Waals surface area contributed by atoms with Gasteiger partial charge in [0.05, 0.1) is 23.4 Å². The molecule has 1 aromatic rings. The highest BCUT2D eigenvalue weighted by molar-refractivity contribution is 6.32. The van der Waals surface area contributed by atoms with Crippen molar-refractivity contribution in [3.8, 4) is 5.75 Å². The topological polar surface area (TPSA) is 84.9 Å². The van der Waals surface area contributed by atoms with Crippen molar-refractivity contribution in [2.75, 3.05) is 7.11 Å². The first-order chi connectivity index (χ1) is 11.3. The average Bonchev–Trinajstić information content (AvgIpc) is 2.54. The SMILES string of the molecule is C=C/C(C(=C)C(=O)O)=C(\N)N=C(CC)c1ccc(Cl)c(OC)c1F. The van der Waals surface area contributed by atoms with Gasteiger partial charge in [-0.1, -0.05) is 37.8 Å². The first-order valence-electron chi connectivity index (χ1n) is 6.93. The van der Waals surface area contributed by atoms with Crippen LogP contribution >= 0.6 is 11.6 Å². The van der Waals surface area contributed by atoms with Gasteiger partial charge in [-0.3, -0.25) is 0 Å². The molecule has 1 rings (SSSR count). The molecule has 0 unspecified atom stereocenters. The van der Waals surface area contributed by atoms with Crippen molar-refractivity contribution in [1.29, 1.82) is 0 Å². The monoisotopic (exact) mass is 352 g/mol. The number of methoxy groups -OCH3 is 1. The van der Waals surface area contributed by atoms with Gasteiger partial charge >= 0.3 is 5.97 Å². The van der Waals surface area contributed by atoms with Crippen LogP contribution in [0.5, 0.6) is 5.75 Å².